The van der Waals surface area contributed by atoms with Crippen molar-refractivity contribution in [2.24, 2.45) is 0 Å². The molecule has 1 aromatic heterocycles. The highest BCUT2D eigenvalue weighted by molar-refractivity contribution is 7.12. The maximum Gasteiger partial charge on any atom is 0.239 e. The van der Waals surface area contributed by atoms with Crippen LogP contribution in [0.3, 0.4) is 0 Å². The summed E-state index contributed by atoms with van der Waals surface area (Å²) < 4.78 is 0. The number of hydrogen-bond donors (Lipinski definition) is 1. The highest BCUT2D eigenvalue weighted by Gasteiger charge is 2.15. The van der Waals surface area contributed by atoms with E-state index in [-0.39, 0.29) is 11.9 Å². The molecule has 0 bridgehead atoms. The minimum atomic E-state index is -0.201. The Bertz CT molecular complexity index is 422. The number of nitrogens with zero attached hydrogens (tertiary/aromatic N) is 2. The molecule has 0 aromatic carbocycles. The molecule has 1 rings (SSSR count). The lowest BCUT2D eigenvalue weighted by atomic mass is 10.3. The smallest absolute Gasteiger partial charge is 0.239 e. The molecule has 0 radical (unpaired) electrons. The highest BCUT2D eigenvalue weighted by atomic mass is 32.1. The molecule has 1 heterocycles. The molecule has 4 nitrogen and oxygen atoms in total. The third kappa shape index (κ3) is 3.84. The summed E-state index contributed by atoms with van der Waals surface area (Å²) >= 11 is 1.45. The van der Waals surface area contributed by atoms with E-state index < -0.39 is 0 Å². The average Bonchev–Trinajstić information content (AvgIpc) is 2.81. The van der Waals surface area contributed by atoms with Gasteiger partial charge in [-0.2, -0.15) is 5.26 Å². The Labute approximate surface area is 106 Å². The van der Waals surface area contributed by atoms with Crippen molar-refractivity contribution in [3.8, 4) is 6.07 Å². The quantitative estimate of drug-likeness (QED) is 0.864. The first-order valence-corrected chi connectivity index (χ1v) is 6.37. The van der Waals surface area contributed by atoms with Gasteiger partial charge in [-0.15, -0.1) is 11.3 Å². The zero-order valence-electron chi connectivity index (χ0n) is 10.4. The van der Waals surface area contributed by atoms with E-state index >= 15 is 0 Å². The van der Waals surface area contributed by atoms with Crippen LogP contribution in [-0.2, 0) is 11.3 Å². The fourth-order valence-corrected chi connectivity index (χ4v) is 2.12. The highest BCUT2D eigenvalue weighted by Crippen LogP contribution is 2.14. The van der Waals surface area contributed by atoms with E-state index in [0.29, 0.717) is 18.0 Å². The third-order valence-electron chi connectivity index (χ3n) is 2.58. The van der Waals surface area contributed by atoms with Crippen LogP contribution in [0.4, 0.5) is 0 Å². The van der Waals surface area contributed by atoms with Crippen molar-refractivity contribution in [1.82, 2.24) is 10.2 Å². The summed E-state index contributed by atoms with van der Waals surface area (Å²) in [6.45, 7) is 5.13. The number of amides is 1. The normalized spacial score (nSPS) is 11.9. The van der Waals surface area contributed by atoms with Crippen LogP contribution in [-0.4, -0.2) is 30.4 Å². The van der Waals surface area contributed by atoms with E-state index in [0.717, 1.165) is 4.88 Å². The molecule has 17 heavy (non-hydrogen) atoms. The number of carbonyl (C=O) groups excluding carboxylic acids is 1. The molecule has 0 spiro atoms. The third-order valence-corrected chi connectivity index (χ3v) is 3.57. The van der Waals surface area contributed by atoms with Crippen LogP contribution in [0.15, 0.2) is 12.1 Å². The standard InChI is InChI=1S/C12H17N3OS/c1-4-15(3)12(16)9(2)14-8-11-6-5-10(7-13)17-11/h5-6,9,14H,4,8H2,1-3H3. The van der Waals surface area contributed by atoms with E-state index in [4.69, 9.17) is 5.26 Å². The van der Waals surface area contributed by atoms with Gasteiger partial charge in [-0.05, 0) is 26.0 Å². The molecule has 5 heteroatoms. The average molecular weight is 251 g/mol. The second kappa shape index (κ2) is 6.38. The summed E-state index contributed by atoms with van der Waals surface area (Å²) in [7, 11) is 1.79. The molecule has 1 amide bonds. The molecule has 0 saturated carbocycles. The molecule has 1 atom stereocenters. The number of carbonyl (C=O) groups is 1. The zero-order valence-corrected chi connectivity index (χ0v) is 11.2. The molecule has 0 saturated heterocycles. The molecular formula is C12H17N3OS. The van der Waals surface area contributed by atoms with Crippen LogP contribution in [0.1, 0.15) is 23.6 Å². The van der Waals surface area contributed by atoms with Crippen LogP contribution >= 0.6 is 11.3 Å². The minimum Gasteiger partial charge on any atom is -0.345 e. The van der Waals surface area contributed by atoms with Crippen molar-refractivity contribution in [3.63, 3.8) is 0 Å². The van der Waals surface area contributed by atoms with E-state index in [1.165, 1.54) is 11.3 Å². The number of nitriles is 1. The first-order chi connectivity index (χ1) is 8.08. The van der Waals surface area contributed by atoms with Gasteiger partial charge in [0.15, 0.2) is 0 Å². The molecule has 0 aliphatic rings. The first-order valence-electron chi connectivity index (χ1n) is 5.55. The summed E-state index contributed by atoms with van der Waals surface area (Å²) in [4.78, 5) is 15.2. The van der Waals surface area contributed by atoms with Gasteiger partial charge in [0.25, 0.3) is 0 Å². The fraction of sp³-hybridized carbons (Fsp3) is 0.500. The Hall–Kier alpha value is -1.38. The number of hydrogen-bond acceptors (Lipinski definition) is 4. The summed E-state index contributed by atoms with van der Waals surface area (Å²) in [5, 5.41) is 11.9. The van der Waals surface area contributed by atoms with Crippen LogP contribution in [0.5, 0.6) is 0 Å². The lowest BCUT2D eigenvalue weighted by molar-refractivity contribution is -0.131. The predicted molar refractivity (Wildman–Crippen MR) is 68.6 cm³/mol. The molecule has 1 unspecified atom stereocenters. The van der Waals surface area contributed by atoms with Gasteiger partial charge in [-0.1, -0.05) is 0 Å². The molecule has 0 fully saturated rings. The van der Waals surface area contributed by atoms with Crippen LogP contribution in [0.25, 0.3) is 0 Å². The lowest BCUT2D eigenvalue weighted by Crippen LogP contribution is -2.42. The largest absolute Gasteiger partial charge is 0.345 e. The Balaban J connectivity index is 2.45. The van der Waals surface area contributed by atoms with Crippen molar-refractivity contribution in [2.75, 3.05) is 13.6 Å². The zero-order chi connectivity index (χ0) is 12.8. The van der Waals surface area contributed by atoms with Crippen molar-refractivity contribution in [1.29, 1.82) is 5.26 Å². The van der Waals surface area contributed by atoms with Crippen molar-refractivity contribution >= 4 is 17.2 Å². The van der Waals surface area contributed by atoms with Crippen LogP contribution in [0, 0.1) is 11.3 Å². The number of likely N-dealkylation sites (N-methyl/N-ethyl adjacent to an activating group) is 1. The number of rotatable bonds is 5. The molecule has 92 valence electrons. The Morgan fingerprint density at radius 3 is 2.88 bits per heavy atom. The van der Waals surface area contributed by atoms with Gasteiger partial charge in [0.05, 0.1) is 6.04 Å². The van der Waals surface area contributed by atoms with Crippen LogP contribution < -0.4 is 5.32 Å². The molecule has 1 aromatic rings. The SMILES string of the molecule is CCN(C)C(=O)C(C)NCc1ccc(C#N)s1. The molecule has 0 aliphatic heterocycles. The summed E-state index contributed by atoms with van der Waals surface area (Å²) in [6, 6.07) is 5.61. The number of nitrogens with one attached hydrogen (secondary N) is 1. The number of thiophene rings is 1. The van der Waals surface area contributed by atoms with E-state index in [9.17, 15) is 4.79 Å². The summed E-state index contributed by atoms with van der Waals surface area (Å²) in [5.41, 5.74) is 0. The van der Waals surface area contributed by atoms with Gasteiger partial charge in [0.1, 0.15) is 10.9 Å². The Morgan fingerprint density at radius 1 is 1.65 bits per heavy atom. The monoisotopic (exact) mass is 251 g/mol. The maximum absolute atomic E-state index is 11.8. The van der Waals surface area contributed by atoms with Crippen molar-refractivity contribution in [2.45, 2.75) is 26.4 Å². The van der Waals surface area contributed by atoms with E-state index in [1.54, 1.807) is 18.0 Å². The predicted octanol–water partition coefficient (Wildman–Crippen LogP) is 1.58. The van der Waals surface area contributed by atoms with E-state index in [2.05, 4.69) is 11.4 Å². The van der Waals surface area contributed by atoms with Gasteiger partial charge in [0, 0.05) is 25.0 Å². The minimum absolute atomic E-state index is 0.0876. The maximum atomic E-state index is 11.8. The summed E-state index contributed by atoms with van der Waals surface area (Å²) in [5.74, 6) is 0.0876. The topological polar surface area (TPSA) is 56.1 Å². The van der Waals surface area contributed by atoms with Crippen molar-refractivity contribution in [3.05, 3.63) is 21.9 Å². The Kier molecular flexibility index (Phi) is 5.13. The van der Waals surface area contributed by atoms with E-state index in [1.807, 2.05) is 19.9 Å². The van der Waals surface area contributed by atoms with Gasteiger partial charge in [-0.3, -0.25) is 4.79 Å². The Morgan fingerprint density at radius 2 is 2.35 bits per heavy atom. The van der Waals surface area contributed by atoms with Crippen LogP contribution in [0.2, 0.25) is 0 Å². The van der Waals surface area contributed by atoms with Crippen molar-refractivity contribution < 1.29 is 4.79 Å². The van der Waals surface area contributed by atoms with Gasteiger partial charge in [-0.25, -0.2) is 0 Å². The molecule has 0 aliphatic carbocycles. The van der Waals surface area contributed by atoms with Gasteiger partial charge < -0.3 is 10.2 Å². The summed E-state index contributed by atoms with van der Waals surface area (Å²) in [6.07, 6.45) is 0. The first kappa shape index (κ1) is 13.7. The molecular weight excluding hydrogens is 234 g/mol. The fourth-order valence-electron chi connectivity index (χ4n) is 1.36. The molecule has 1 N–H and O–H groups in total. The second-order valence-electron chi connectivity index (χ2n) is 3.83. The lowest BCUT2D eigenvalue weighted by Gasteiger charge is -2.20. The second-order valence-corrected chi connectivity index (χ2v) is 5.00. The van der Waals surface area contributed by atoms with Gasteiger partial charge in [0.2, 0.25) is 5.91 Å². The van der Waals surface area contributed by atoms with Gasteiger partial charge >= 0.3 is 0 Å².